The van der Waals surface area contributed by atoms with Crippen molar-refractivity contribution in [2.45, 2.75) is 6.92 Å². The van der Waals surface area contributed by atoms with Crippen LogP contribution in [-0.2, 0) is 4.79 Å². The van der Waals surface area contributed by atoms with Gasteiger partial charge in [0, 0.05) is 5.69 Å². The summed E-state index contributed by atoms with van der Waals surface area (Å²) in [6.45, 7) is 6.49. The Labute approximate surface area is 153 Å². The topological polar surface area (TPSA) is 46.0 Å². The molecule has 3 rings (SSSR count). The molecule has 1 saturated heterocycles. The third-order valence-electron chi connectivity index (χ3n) is 4.50. The van der Waals surface area contributed by atoms with Crippen molar-refractivity contribution in [1.82, 2.24) is 0 Å². The number of nitrogens with one attached hydrogen (secondary N) is 2. The average molecular weight is 358 g/mol. The van der Waals surface area contributed by atoms with Crippen molar-refractivity contribution < 1.29 is 18.8 Å². The molecule has 2 aromatic carbocycles. The molecule has 26 heavy (non-hydrogen) atoms. The lowest BCUT2D eigenvalue weighted by atomic mass is 10.2. The fraction of sp³-hybridized carbons (Fsp3) is 0.350. The van der Waals surface area contributed by atoms with Crippen LogP contribution in [0.1, 0.15) is 6.92 Å². The zero-order chi connectivity index (χ0) is 18.4. The van der Waals surface area contributed by atoms with E-state index in [1.54, 1.807) is 12.1 Å². The zero-order valence-corrected chi connectivity index (χ0v) is 15.0. The second-order valence-electron chi connectivity index (χ2n) is 6.37. The highest BCUT2D eigenvalue weighted by molar-refractivity contribution is 5.91. The van der Waals surface area contributed by atoms with E-state index < -0.39 is 0 Å². The number of ether oxygens (including phenoxy) is 1. The molecular formula is C20H25FN3O2+. The third-order valence-corrected chi connectivity index (χ3v) is 4.50. The zero-order valence-electron chi connectivity index (χ0n) is 15.0. The number of benzene rings is 2. The molecule has 0 unspecified atom stereocenters. The first-order valence-electron chi connectivity index (χ1n) is 9.01. The van der Waals surface area contributed by atoms with Crippen molar-refractivity contribution in [2.24, 2.45) is 0 Å². The first kappa shape index (κ1) is 18.2. The number of carbonyl (C=O) groups is 1. The Morgan fingerprint density at radius 1 is 1.19 bits per heavy atom. The predicted octanol–water partition coefficient (Wildman–Crippen LogP) is 1.57. The van der Waals surface area contributed by atoms with Crippen molar-refractivity contribution in [3.8, 4) is 5.75 Å². The fourth-order valence-corrected chi connectivity index (χ4v) is 3.24. The predicted molar refractivity (Wildman–Crippen MR) is 100 cm³/mol. The summed E-state index contributed by atoms with van der Waals surface area (Å²) in [6, 6.07) is 14.0. The van der Waals surface area contributed by atoms with Gasteiger partial charge in [-0.15, -0.1) is 0 Å². The van der Waals surface area contributed by atoms with Crippen LogP contribution in [0.5, 0.6) is 5.75 Å². The maximum absolute atomic E-state index is 13.2. The van der Waals surface area contributed by atoms with Gasteiger partial charge in [0.05, 0.1) is 38.5 Å². The highest BCUT2D eigenvalue weighted by Crippen LogP contribution is 2.27. The lowest BCUT2D eigenvalue weighted by molar-refractivity contribution is -0.892. The van der Waals surface area contributed by atoms with E-state index >= 15 is 0 Å². The number of nitrogens with zero attached hydrogens (tertiary/aromatic N) is 1. The summed E-state index contributed by atoms with van der Waals surface area (Å²) in [5, 5.41) is 2.77. The lowest BCUT2D eigenvalue weighted by Gasteiger charge is -2.34. The SMILES string of the molecule is CCOc1ccccc1N1CC[NH+](CC(=O)Nc2cccc(F)c2)CC1. The number of amides is 1. The molecule has 0 radical (unpaired) electrons. The average Bonchev–Trinajstić information content (AvgIpc) is 2.63. The molecule has 6 heteroatoms. The summed E-state index contributed by atoms with van der Waals surface area (Å²) in [4.78, 5) is 15.7. The highest BCUT2D eigenvalue weighted by Gasteiger charge is 2.24. The Morgan fingerprint density at radius 2 is 1.96 bits per heavy atom. The van der Waals surface area contributed by atoms with Gasteiger partial charge in [-0.1, -0.05) is 18.2 Å². The molecule has 0 aromatic heterocycles. The molecule has 0 saturated carbocycles. The van der Waals surface area contributed by atoms with Crippen LogP contribution < -0.4 is 19.9 Å². The number of anilines is 2. The number of quaternary nitrogens is 1. The summed E-state index contributed by atoms with van der Waals surface area (Å²) in [6.07, 6.45) is 0. The summed E-state index contributed by atoms with van der Waals surface area (Å²) in [5.41, 5.74) is 1.61. The Hall–Kier alpha value is -2.60. The van der Waals surface area contributed by atoms with Crippen molar-refractivity contribution >= 4 is 17.3 Å². The van der Waals surface area contributed by atoms with Crippen LogP contribution >= 0.6 is 0 Å². The maximum Gasteiger partial charge on any atom is 0.279 e. The number of halogens is 1. The molecule has 1 amide bonds. The van der Waals surface area contributed by atoms with Crippen molar-refractivity contribution in [3.63, 3.8) is 0 Å². The molecule has 1 heterocycles. The van der Waals surface area contributed by atoms with E-state index in [1.807, 2.05) is 25.1 Å². The van der Waals surface area contributed by atoms with Gasteiger partial charge in [-0.2, -0.15) is 0 Å². The van der Waals surface area contributed by atoms with Gasteiger partial charge in [-0.3, -0.25) is 4.79 Å². The minimum Gasteiger partial charge on any atom is -0.492 e. The molecule has 5 nitrogen and oxygen atoms in total. The van der Waals surface area contributed by atoms with E-state index in [2.05, 4.69) is 16.3 Å². The molecule has 1 aliphatic heterocycles. The monoisotopic (exact) mass is 358 g/mol. The Balaban J connectivity index is 1.52. The summed E-state index contributed by atoms with van der Waals surface area (Å²) in [7, 11) is 0. The molecule has 2 aromatic rings. The quantitative estimate of drug-likeness (QED) is 0.824. The number of hydrogen-bond acceptors (Lipinski definition) is 3. The Bertz CT molecular complexity index is 745. The van der Waals surface area contributed by atoms with Crippen LogP contribution in [0, 0.1) is 5.82 Å². The summed E-state index contributed by atoms with van der Waals surface area (Å²) < 4.78 is 18.9. The van der Waals surface area contributed by atoms with Crippen LogP contribution in [0.2, 0.25) is 0 Å². The smallest absolute Gasteiger partial charge is 0.279 e. The van der Waals surface area contributed by atoms with Crippen molar-refractivity contribution in [1.29, 1.82) is 0 Å². The minimum atomic E-state index is -0.350. The largest absolute Gasteiger partial charge is 0.492 e. The van der Waals surface area contributed by atoms with Gasteiger partial charge in [0.25, 0.3) is 5.91 Å². The van der Waals surface area contributed by atoms with E-state index in [9.17, 15) is 9.18 Å². The fourth-order valence-electron chi connectivity index (χ4n) is 3.24. The van der Waals surface area contributed by atoms with Crippen LogP contribution in [0.15, 0.2) is 48.5 Å². The Kier molecular flexibility index (Phi) is 6.07. The summed E-state index contributed by atoms with van der Waals surface area (Å²) >= 11 is 0. The van der Waals surface area contributed by atoms with Gasteiger partial charge < -0.3 is 19.9 Å². The van der Waals surface area contributed by atoms with E-state index in [-0.39, 0.29) is 11.7 Å². The molecule has 0 spiro atoms. The highest BCUT2D eigenvalue weighted by atomic mass is 19.1. The molecule has 0 bridgehead atoms. The maximum atomic E-state index is 13.2. The number of hydrogen-bond donors (Lipinski definition) is 2. The third kappa shape index (κ3) is 4.73. The standard InChI is InChI=1S/C20H24FN3O2/c1-2-26-19-9-4-3-8-18(19)24-12-10-23(11-13-24)15-20(25)22-17-7-5-6-16(21)14-17/h3-9,14H,2,10-13,15H2,1H3,(H,22,25)/p+1. The van der Waals surface area contributed by atoms with Crippen molar-refractivity contribution in [3.05, 3.63) is 54.3 Å². The molecular weight excluding hydrogens is 333 g/mol. The van der Waals surface area contributed by atoms with Gasteiger partial charge in [0.15, 0.2) is 6.54 Å². The van der Waals surface area contributed by atoms with Crippen LogP contribution in [-0.4, -0.2) is 45.2 Å². The van der Waals surface area contributed by atoms with Crippen molar-refractivity contribution in [2.75, 3.05) is 49.5 Å². The Morgan fingerprint density at radius 3 is 2.69 bits per heavy atom. The number of rotatable bonds is 6. The van der Waals surface area contributed by atoms with Crippen LogP contribution in [0.25, 0.3) is 0 Å². The molecule has 0 aliphatic carbocycles. The van der Waals surface area contributed by atoms with E-state index in [4.69, 9.17) is 4.74 Å². The minimum absolute atomic E-state index is 0.0891. The van der Waals surface area contributed by atoms with Gasteiger partial charge >= 0.3 is 0 Å². The van der Waals surface area contributed by atoms with Gasteiger partial charge in [-0.25, -0.2) is 4.39 Å². The molecule has 1 fully saturated rings. The molecule has 138 valence electrons. The van der Waals surface area contributed by atoms with E-state index in [0.29, 0.717) is 18.8 Å². The van der Waals surface area contributed by atoms with Gasteiger partial charge in [0.1, 0.15) is 11.6 Å². The first-order chi connectivity index (χ1) is 12.7. The molecule has 2 N–H and O–H groups in total. The summed E-state index contributed by atoms with van der Waals surface area (Å²) in [5.74, 6) is 0.466. The molecule has 0 atom stereocenters. The van der Waals surface area contributed by atoms with Gasteiger partial charge in [0.2, 0.25) is 0 Å². The molecule has 1 aliphatic rings. The lowest BCUT2D eigenvalue weighted by Crippen LogP contribution is -3.15. The van der Waals surface area contributed by atoms with Gasteiger partial charge in [-0.05, 0) is 37.3 Å². The first-order valence-corrected chi connectivity index (χ1v) is 9.01. The second kappa shape index (κ2) is 8.67. The number of para-hydroxylation sites is 2. The van der Waals surface area contributed by atoms with E-state index in [1.165, 1.54) is 17.0 Å². The normalized spacial score (nSPS) is 14.9. The van der Waals surface area contributed by atoms with E-state index in [0.717, 1.165) is 37.6 Å². The number of piperazine rings is 1. The van der Waals surface area contributed by atoms with Crippen LogP contribution in [0.3, 0.4) is 0 Å². The van der Waals surface area contributed by atoms with Crippen LogP contribution in [0.4, 0.5) is 15.8 Å². The second-order valence-corrected chi connectivity index (χ2v) is 6.37. The number of carbonyl (C=O) groups excluding carboxylic acids is 1.